The van der Waals surface area contributed by atoms with Crippen molar-refractivity contribution >= 4 is 0 Å². The second-order valence-corrected chi connectivity index (χ2v) is 4.02. The van der Waals surface area contributed by atoms with Gasteiger partial charge in [-0.05, 0) is 43.4 Å². The van der Waals surface area contributed by atoms with Gasteiger partial charge in [-0.25, -0.2) is 0 Å². The van der Waals surface area contributed by atoms with E-state index in [9.17, 15) is 0 Å². The summed E-state index contributed by atoms with van der Waals surface area (Å²) < 4.78 is 5.43. The van der Waals surface area contributed by atoms with Crippen LogP contribution in [0.25, 0.3) is 0 Å². The third-order valence-electron chi connectivity index (χ3n) is 2.65. The molecule has 0 aliphatic rings. The van der Waals surface area contributed by atoms with Crippen LogP contribution in [0.1, 0.15) is 45.1 Å². The highest BCUT2D eigenvalue weighted by molar-refractivity contribution is 5.29. The van der Waals surface area contributed by atoms with Gasteiger partial charge in [-0.15, -0.1) is 0 Å². The third-order valence-corrected chi connectivity index (χ3v) is 2.65. The molecule has 1 atom stereocenters. The van der Waals surface area contributed by atoms with Gasteiger partial charge >= 0.3 is 0 Å². The van der Waals surface area contributed by atoms with Crippen molar-refractivity contribution < 1.29 is 4.74 Å². The van der Waals surface area contributed by atoms with E-state index in [-0.39, 0.29) is 0 Å². The maximum Gasteiger partial charge on any atom is 0.119 e. The molecule has 1 nitrogen and oxygen atoms in total. The van der Waals surface area contributed by atoms with Gasteiger partial charge in [0.25, 0.3) is 0 Å². The summed E-state index contributed by atoms with van der Waals surface area (Å²) >= 11 is 0. The molecule has 0 saturated carbocycles. The molecule has 88 valence electrons. The summed E-state index contributed by atoms with van der Waals surface area (Å²) in [6, 6.07) is 8.43. The van der Waals surface area contributed by atoms with Gasteiger partial charge in [0.15, 0.2) is 0 Å². The van der Waals surface area contributed by atoms with Gasteiger partial charge in [0.2, 0.25) is 0 Å². The Balaban J connectivity index is 2.55. The summed E-state index contributed by atoms with van der Waals surface area (Å²) in [4.78, 5) is 0. The van der Waals surface area contributed by atoms with Crippen LogP contribution in [0.3, 0.4) is 0 Å². The Hall–Kier alpha value is -1.24. The van der Waals surface area contributed by atoms with Gasteiger partial charge in [-0.2, -0.15) is 0 Å². The molecule has 16 heavy (non-hydrogen) atoms. The molecule has 1 rings (SSSR count). The summed E-state index contributed by atoms with van der Waals surface area (Å²) in [5.74, 6) is 1.54. The predicted molar refractivity (Wildman–Crippen MR) is 70.1 cm³/mol. The third kappa shape index (κ3) is 4.09. The number of ether oxygens (including phenoxy) is 1. The lowest BCUT2D eigenvalue weighted by atomic mass is 9.97. The maximum absolute atomic E-state index is 5.43. The standard InChI is InChI=1S/C15H22O/c1-4-6-7-8-13(3)14-9-11-15(12-10-14)16-5-2/h6-7,9-13H,4-5,8H2,1-3H3/b7-6-. The number of hydrogen-bond donors (Lipinski definition) is 0. The minimum atomic E-state index is 0.582. The van der Waals surface area contributed by atoms with Crippen molar-refractivity contribution in [3.05, 3.63) is 42.0 Å². The van der Waals surface area contributed by atoms with Gasteiger partial charge < -0.3 is 4.74 Å². The van der Waals surface area contributed by atoms with E-state index in [0.717, 1.165) is 25.2 Å². The normalized spacial score (nSPS) is 12.9. The molecule has 0 aromatic heterocycles. The van der Waals surface area contributed by atoms with Crippen LogP contribution in [0.4, 0.5) is 0 Å². The van der Waals surface area contributed by atoms with E-state index in [0.29, 0.717) is 5.92 Å². The van der Waals surface area contributed by atoms with Gasteiger partial charge in [0.1, 0.15) is 5.75 Å². The Morgan fingerprint density at radius 2 is 1.81 bits per heavy atom. The van der Waals surface area contributed by atoms with Crippen molar-refractivity contribution in [2.45, 2.75) is 39.5 Å². The Bertz CT molecular complexity index is 311. The first-order valence-corrected chi connectivity index (χ1v) is 6.15. The van der Waals surface area contributed by atoms with E-state index < -0.39 is 0 Å². The molecule has 0 N–H and O–H groups in total. The Kier molecular flexibility index (Phi) is 5.69. The van der Waals surface area contributed by atoms with Crippen molar-refractivity contribution in [1.29, 1.82) is 0 Å². The van der Waals surface area contributed by atoms with Crippen molar-refractivity contribution in [1.82, 2.24) is 0 Å². The van der Waals surface area contributed by atoms with Crippen LogP contribution in [0.15, 0.2) is 36.4 Å². The molecule has 0 aliphatic carbocycles. The van der Waals surface area contributed by atoms with Crippen LogP contribution in [0.2, 0.25) is 0 Å². The second kappa shape index (κ2) is 7.10. The first-order chi connectivity index (χ1) is 7.77. The zero-order valence-electron chi connectivity index (χ0n) is 10.6. The van der Waals surface area contributed by atoms with E-state index in [1.165, 1.54) is 5.56 Å². The smallest absolute Gasteiger partial charge is 0.119 e. The highest BCUT2D eigenvalue weighted by Gasteiger charge is 2.03. The maximum atomic E-state index is 5.43. The average Bonchev–Trinajstić information content (AvgIpc) is 2.30. The van der Waals surface area contributed by atoms with Crippen LogP contribution in [0, 0.1) is 0 Å². The lowest BCUT2D eigenvalue weighted by Gasteiger charge is -2.10. The molecular weight excluding hydrogens is 196 g/mol. The molecule has 0 radical (unpaired) electrons. The molecule has 1 unspecified atom stereocenters. The molecule has 0 aliphatic heterocycles. The summed E-state index contributed by atoms with van der Waals surface area (Å²) in [6.07, 6.45) is 6.73. The van der Waals surface area contributed by atoms with E-state index in [2.05, 4.69) is 50.3 Å². The molecular formula is C15H22O. The number of allylic oxidation sites excluding steroid dienone is 2. The predicted octanol–water partition coefficient (Wildman–Crippen LogP) is 4.55. The number of benzene rings is 1. The second-order valence-electron chi connectivity index (χ2n) is 4.02. The van der Waals surface area contributed by atoms with E-state index in [1.54, 1.807) is 0 Å². The van der Waals surface area contributed by atoms with Gasteiger partial charge in [-0.3, -0.25) is 0 Å². The molecule has 1 aromatic carbocycles. The van der Waals surface area contributed by atoms with Crippen molar-refractivity contribution in [2.24, 2.45) is 0 Å². The van der Waals surface area contributed by atoms with E-state index in [4.69, 9.17) is 4.74 Å². The summed E-state index contributed by atoms with van der Waals surface area (Å²) in [6.45, 7) is 7.16. The molecule has 1 aromatic rings. The van der Waals surface area contributed by atoms with Crippen LogP contribution in [-0.4, -0.2) is 6.61 Å². The van der Waals surface area contributed by atoms with E-state index in [1.807, 2.05) is 6.92 Å². The lowest BCUT2D eigenvalue weighted by molar-refractivity contribution is 0.340. The molecule has 0 saturated heterocycles. The zero-order chi connectivity index (χ0) is 11.8. The summed E-state index contributed by atoms with van der Waals surface area (Å²) in [5, 5.41) is 0. The zero-order valence-corrected chi connectivity index (χ0v) is 10.6. The van der Waals surface area contributed by atoms with Crippen LogP contribution in [0.5, 0.6) is 5.75 Å². The first-order valence-electron chi connectivity index (χ1n) is 6.15. The average molecular weight is 218 g/mol. The van der Waals surface area contributed by atoms with Crippen LogP contribution >= 0.6 is 0 Å². The van der Waals surface area contributed by atoms with E-state index >= 15 is 0 Å². The fourth-order valence-electron chi connectivity index (χ4n) is 1.66. The van der Waals surface area contributed by atoms with Crippen molar-refractivity contribution in [2.75, 3.05) is 6.61 Å². The fraction of sp³-hybridized carbons (Fsp3) is 0.467. The Morgan fingerprint density at radius 3 is 2.38 bits per heavy atom. The Morgan fingerprint density at radius 1 is 1.12 bits per heavy atom. The van der Waals surface area contributed by atoms with Gasteiger partial charge in [0, 0.05) is 0 Å². The molecule has 0 fully saturated rings. The monoisotopic (exact) mass is 218 g/mol. The minimum Gasteiger partial charge on any atom is -0.494 e. The largest absolute Gasteiger partial charge is 0.494 e. The van der Waals surface area contributed by atoms with Gasteiger partial charge in [-0.1, -0.05) is 38.1 Å². The molecule has 0 heterocycles. The molecule has 1 heteroatoms. The molecule has 0 amide bonds. The van der Waals surface area contributed by atoms with Crippen molar-refractivity contribution in [3.63, 3.8) is 0 Å². The first kappa shape index (κ1) is 12.8. The molecule has 0 spiro atoms. The van der Waals surface area contributed by atoms with Crippen LogP contribution in [-0.2, 0) is 0 Å². The van der Waals surface area contributed by atoms with Crippen LogP contribution < -0.4 is 4.74 Å². The fourth-order valence-corrected chi connectivity index (χ4v) is 1.66. The highest BCUT2D eigenvalue weighted by atomic mass is 16.5. The number of hydrogen-bond acceptors (Lipinski definition) is 1. The highest BCUT2D eigenvalue weighted by Crippen LogP contribution is 2.22. The SMILES string of the molecule is CC/C=C\CC(C)c1ccc(OCC)cc1. The Labute approximate surface area is 99.1 Å². The number of rotatable bonds is 6. The summed E-state index contributed by atoms with van der Waals surface area (Å²) in [5.41, 5.74) is 1.38. The minimum absolute atomic E-state index is 0.582. The topological polar surface area (TPSA) is 9.23 Å². The quantitative estimate of drug-likeness (QED) is 0.637. The lowest BCUT2D eigenvalue weighted by Crippen LogP contribution is -1.94. The summed E-state index contributed by atoms with van der Waals surface area (Å²) in [7, 11) is 0. The van der Waals surface area contributed by atoms with Crippen molar-refractivity contribution in [3.8, 4) is 5.75 Å². The van der Waals surface area contributed by atoms with Gasteiger partial charge in [0.05, 0.1) is 6.61 Å². The molecule has 0 bridgehead atoms.